The number of benzene rings is 2. The summed E-state index contributed by atoms with van der Waals surface area (Å²) in [5.74, 6) is 0. The fourth-order valence-corrected chi connectivity index (χ4v) is 3.09. The van der Waals surface area contributed by atoms with Crippen molar-refractivity contribution in [3.05, 3.63) is 76.4 Å². The van der Waals surface area contributed by atoms with E-state index in [1.807, 2.05) is 59.4 Å². The maximum absolute atomic E-state index is 5.09. The molecule has 0 bridgehead atoms. The first kappa shape index (κ1) is 16.4. The molecule has 0 saturated heterocycles. The highest BCUT2D eigenvalue weighted by Crippen LogP contribution is 2.19. The predicted octanol–water partition coefficient (Wildman–Crippen LogP) is 3.65. The molecule has 0 aliphatic heterocycles. The van der Waals surface area contributed by atoms with Gasteiger partial charge >= 0.3 is 0 Å². The van der Waals surface area contributed by atoms with Crippen molar-refractivity contribution >= 4 is 17.6 Å². The number of thiazole rings is 1. The average molecular weight is 337 g/mol. The summed E-state index contributed by atoms with van der Waals surface area (Å²) in [7, 11) is 1.68. The molecule has 0 N–H and O–H groups in total. The van der Waals surface area contributed by atoms with E-state index in [9.17, 15) is 0 Å². The van der Waals surface area contributed by atoms with Crippen molar-refractivity contribution in [3.8, 4) is 11.3 Å². The summed E-state index contributed by atoms with van der Waals surface area (Å²) in [6.45, 7) is 1.22. The molecule has 2 aromatic carbocycles. The van der Waals surface area contributed by atoms with Crippen LogP contribution in [0.5, 0.6) is 0 Å². The minimum atomic E-state index is 0.598. The van der Waals surface area contributed by atoms with Gasteiger partial charge < -0.3 is 4.74 Å². The van der Waals surface area contributed by atoms with Gasteiger partial charge in [-0.15, -0.1) is 11.3 Å². The zero-order chi connectivity index (χ0) is 16.6. The molecule has 0 atom stereocenters. The van der Waals surface area contributed by atoms with E-state index in [0.29, 0.717) is 13.2 Å². The Hall–Kier alpha value is -2.50. The molecule has 0 spiro atoms. The number of hydrogen-bond acceptors (Lipinski definition) is 4. The Labute approximate surface area is 145 Å². The van der Waals surface area contributed by atoms with Crippen LogP contribution in [0.3, 0.4) is 0 Å². The maximum Gasteiger partial charge on any atom is 0.206 e. The molecule has 5 heteroatoms. The summed E-state index contributed by atoms with van der Waals surface area (Å²) >= 11 is 1.58. The third-order valence-electron chi connectivity index (χ3n) is 3.42. The third kappa shape index (κ3) is 4.07. The largest absolute Gasteiger partial charge is 0.383 e. The van der Waals surface area contributed by atoms with E-state index in [-0.39, 0.29) is 0 Å². The fraction of sp³-hybridized carbons (Fsp3) is 0.158. The van der Waals surface area contributed by atoms with E-state index in [2.05, 4.69) is 27.6 Å². The standard InChI is InChI=1S/C19H19N3OS/c1-23-13-12-20-19-22(21-14-16-8-4-2-5-9-16)18(15-24-19)17-10-6-3-7-11-17/h2-11,14-15H,12-13H2,1H3/b20-19?,21-14-. The fourth-order valence-electron chi connectivity index (χ4n) is 2.22. The minimum absolute atomic E-state index is 0.598. The third-order valence-corrected chi connectivity index (χ3v) is 4.27. The van der Waals surface area contributed by atoms with Gasteiger partial charge in [-0.05, 0) is 5.56 Å². The Kier molecular flexibility index (Phi) is 5.71. The highest BCUT2D eigenvalue weighted by Gasteiger charge is 2.06. The van der Waals surface area contributed by atoms with Crippen molar-refractivity contribution < 1.29 is 4.74 Å². The lowest BCUT2D eigenvalue weighted by Gasteiger charge is -2.03. The summed E-state index contributed by atoms with van der Waals surface area (Å²) in [5, 5.41) is 6.75. The molecule has 0 amide bonds. The molecule has 0 fully saturated rings. The van der Waals surface area contributed by atoms with Gasteiger partial charge in [-0.2, -0.15) is 5.10 Å². The summed E-state index contributed by atoms with van der Waals surface area (Å²) in [4.78, 5) is 5.46. The lowest BCUT2D eigenvalue weighted by atomic mass is 10.2. The van der Waals surface area contributed by atoms with Crippen LogP contribution in [-0.4, -0.2) is 31.2 Å². The van der Waals surface area contributed by atoms with Gasteiger partial charge in [0.1, 0.15) is 0 Å². The van der Waals surface area contributed by atoms with E-state index in [4.69, 9.17) is 4.74 Å². The number of aromatic nitrogens is 1. The van der Waals surface area contributed by atoms with Crippen LogP contribution in [0, 0.1) is 0 Å². The van der Waals surface area contributed by atoms with Crippen LogP contribution in [0.25, 0.3) is 11.3 Å². The summed E-state index contributed by atoms with van der Waals surface area (Å²) in [6, 6.07) is 20.3. The first-order valence-electron chi connectivity index (χ1n) is 7.73. The number of hydrogen-bond donors (Lipinski definition) is 0. The molecule has 1 aromatic heterocycles. The average Bonchev–Trinajstić information content (AvgIpc) is 3.05. The molecular weight excluding hydrogens is 318 g/mol. The highest BCUT2D eigenvalue weighted by atomic mass is 32.1. The Morgan fingerprint density at radius 2 is 1.75 bits per heavy atom. The molecule has 0 saturated carbocycles. The predicted molar refractivity (Wildman–Crippen MR) is 99.5 cm³/mol. The van der Waals surface area contributed by atoms with Crippen LogP contribution in [0.1, 0.15) is 5.56 Å². The quantitative estimate of drug-likeness (QED) is 0.500. The first-order chi connectivity index (χ1) is 11.9. The first-order valence-corrected chi connectivity index (χ1v) is 8.61. The number of ether oxygens (including phenoxy) is 1. The maximum atomic E-state index is 5.09. The second-order valence-electron chi connectivity index (χ2n) is 5.11. The second kappa shape index (κ2) is 8.38. The molecule has 1 heterocycles. The van der Waals surface area contributed by atoms with E-state index in [0.717, 1.165) is 21.6 Å². The molecule has 0 aliphatic rings. The van der Waals surface area contributed by atoms with Gasteiger partial charge in [0.15, 0.2) is 0 Å². The summed E-state index contributed by atoms with van der Waals surface area (Å²) in [5.41, 5.74) is 3.20. The number of rotatable bonds is 6. The molecule has 0 aliphatic carbocycles. The van der Waals surface area contributed by atoms with Crippen molar-refractivity contribution in [1.82, 2.24) is 4.68 Å². The van der Waals surface area contributed by atoms with Crippen molar-refractivity contribution in [2.45, 2.75) is 0 Å². The van der Waals surface area contributed by atoms with E-state index < -0.39 is 0 Å². The van der Waals surface area contributed by atoms with E-state index in [1.54, 1.807) is 18.4 Å². The van der Waals surface area contributed by atoms with Gasteiger partial charge in [-0.3, -0.25) is 4.99 Å². The number of nitrogens with zero attached hydrogens (tertiary/aromatic N) is 3. The van der Waals surface area contributed by atoms with Crippen LogP contribution in [-0.2, 0) is 4.74 Å². The van der Waals surface area contributed by atoms with Gasteiger partial charge in [0.05, 0.1) is 25.1 Å². The molecule has 24 heavy (non-hydrogen) atoms. The SMILES string of the molecule is COCCN=c1scc(-c2ccccc2)n1/N=C\c1ccccc1. The normalized spacial score (nSPS) is 12.1. The van der Waals surface area contributed by atoms with Crippen LogP contribution in [0.4, 0.5) is 0 Å². The monoisotopic (exact) mass is 337 g/mol. The van der Waals surface area contributed by atoms with Crippen LogP contribution >= 0.6 is 11.3 Å². The van der Waals surface area contributed by atoms with Crippen LogP contribution in [0.15, 0.2) is 76.1 Å². The zero-order valence-electron chi connectivity index (χ0n) is 13.5. The van der Waals surface area contributed by atoms with Crippen molar-refractivity contribution in [3.63, 3.8) is 0 Å². The van der Waals surface area contributed by atoms with Crippen LogP contribution < -0.4 is 4.80 Å². The van der Waals surface area contributed by atoms with Gasteiger partial charge in [0.2, 0.25) is 4.80 Å². The van der Waals surface area contributed by atoms with Crippen molar-refractivity contribution in [2.24, 2.45) is 10.1 Å². The smallest absolute Gasteiger partial charge is 0.206 e. The molecule has 3 aromatic rings. The van der Waals surface area contributed by atoms with E-state index >= 15 is 0 Å². The van der Waals surface area contributed by atoms with Gasteiger partial charge in [0.25, 0.3) is 0 Å². The highest BCUT2D eigenvalue weighted by molar-refractivity contribution is 7.07. The summed E-state index contributed by atoms with van der Waals surface area (Å²) in [6.07, 6.45) is 1.86. The van der Waals surface area contributed by atoms with Gasteiger partial charge in [-0.25, -0.2) is 4.68 Å². The van der Waals surface area contributed by atoms with Crippen molar-refractivity contribution in [2.75, 3.05) is 20.3 Å². The number of methoxy groups -OCH3 is 1. The molecule has 0 unspecified atom stereocenters. The van der Waals surface area contributed by atoms with Gasteiger partial charge in [0, 0.05) is 18.1 Å². The lowest BCUT2D eigenvalue weighted by molar-refractivity contribution is 0.207. The van der Waals surface area contributed by atoms with E-state index in [1.165, 1.54) is 0 Å². The molecular formula is C19H19N3OS. The molecule has 4 nitrogen and oxygen atoms in total. The Morgan fingerprint density at radius 3 is 2.46 bits per heavy atom. The zero-order valence-corrected chi connectivity index (χ0v) is 14.3. The minimum Gasteiger partial charge on any atom is -0.383 e. The van der Waals surface area contributed by atoms with Crippen molar-refractivity contribution in [1.29, 1.82) is 0 Å². The molecule has 3 rings (SSSR count). The summed E-state index contributed by atoms with van der Waals surface area (Å²) < 4.78 is 6.98. The second-order valence-corrected chi connectivity index (χ2v) is 5.95. The Balaban J connectivity index is 2.01. The molecule has 122 valence electrons. The topological polar surface area (TPSA) is 38.9 Å². The lowest BCUT2D eigenvalue weighted by Crippen LogP contribution is -2.13. The Bertz CT molecular complexity index is 851. The Morgan fingerprint density at radius 1 is 1.04 bits per heavy atom. The molecule has 0 radical (unpaired) electrons. The van der Waals surface area contributed by atoms with Gasteiger partial charge in [-0.1, -0.05) is 60.7 Å². The van der Waals surface area contributed by atoms with Crippen LogP contribution in [0.2, 0.25) is 0 Å².